The zero-order valence-electron chi connectivity index (χ0n) is 17.6. The number of amides is 2. The van der Waals surface area contributed by atoms with Crippen molar-refractivity contribution >= 4 is 29.5 Å². The van der Waals surface area contributed by atoms with Crippen LogP contribution in [0.4, 0.5) is 0 Å². The minimum absolute atomic E-state index is 0.0508. The fourth-order valence-corrected chi connectivity index (χ4v) is 3.85. The molecular weight excluding hydrogens is 430 g/mol. The van der Waals surface area contributed by atoms with Gasteiger partial charge in [-0.15, -0.1) is 0 Å². The van der Waals surface area contributed by atoms with Gasteiger partial charge in [-0.1, -0.05) is 12.2 Å². The Morgan fingerprint density at radius 1 is 0.970 bits per heavy atom. The van der Waals surface area contributed by atoms with E-state index in [4.69, 9.17) is 13.9 Å². The van der Waals surface area contributed by atoms with E-state index in [2.05, 4.69) is 0 Å². The number of nitrogens with zero attached hydrogens (tertiary/aromatic N) is 1. The molecule has 0 bridgehead atoms. The maximum absolute atomic E-state index is 12.4. The summed E-state index contributed by atoms with van der Waals surface area (Å²) >= 11 is 0. The van der Waals surface area contributed by atoms with E-state index in [-0.39, 0.29) is 53.7 Å². The maximum atomic E-state index is 12.4. The topological polar surface area (TPSA) is 120 Å². The first-order chi connectivity index (χ1) is 15.9. The largest absolute Gasteiger partial charge is 0.457 e. The number of carbonyl (C=O) groups is 5. The summed E-state index contributed by atoms with van der Waals surface area (Å²) in [5.74, 6) is -2.73. The van der Waals surface area contributed by atoms with Gasteiger partial charge < -0.3 is 13.9 Å². The quantitative estimate of drug-likeness (QED) is 0.197. The predicted molar refractivity (Wildman–Crippen MR) is 112 cm³/mol. The number of imide groups is 1. The molecule has 9 nitrogen and oxygen atoms in total. The number of carbonyl (C=O) groups excluding carboxylic acids is 5. The minimum Gasteiger partial charge on any atom is -0.457 e. The lowest BCUT2D eigenvalue weighted by atomic mass is 9.85. The van der Waals surface area contributed by atoms with Crippen LogP contribution in [0.5, 0.6) is 5.75 Å². The molecule has 1 aromatic heterocycles. The summed E-state index contributed by atoms with van der Waals surface area (Å²) in [4.78, 5) is 62.1. The van der Waals surface area contributed by atoms with Crippen LogP contribution in [0.25, 0.3) is 0 Å². The lowest BCUT2D eigenvalue weighted by molar-refractivity contribution is -0.145. The van der Waals surface area contributed by atoms with Crippen LogP contribution in [0.1, 0.15) is 40.2 Å². The molecule has 1 aliphatic carbocycles. The number of furan rings is 1. The fraction of sp³-hybridized carbons (Fsp3) is 0.292. The highest BCUT2D eigenvalue weighted by Gasteiger charge is 2.46. The maximum Gasteiger partial charge on any atom is 0.379 e. The number of allylic oxidation sites excluding steroid dienone is 2. The third-order valence-corrected chi connectivity index (χ3v) is 5.61. The molecule has 0 spiro atoms. The normalized spacial score (nSPS) is 19.3. The first-order valence-electron chi connectivity index (χ1n) is 10.5. The molecule has 1 aliphatic heterocycles. The molecule has 9 heteroatoms. The smallest absolute Gasteiger partial charge is 0.379 e. The third-order valence-electron chi connectivity index (χ3n) is 5.61. The van der Waals surface area contributed by atoms with Gasteiger partial charge in [0.25, 0.3) is 0 Å². The van der Waals surface area contributed by atoms with Crippen molar-refractivity contribution in [3.05, 3.63) is 66.1 Å². The number of rotatable bonds is 8. The van der Waals surface area contributed by atoms with E-state index >= 15 is 0 Å². The molecule has 0 radical (unpaired) electrons. The zero-order chi connectivity index (χ0) is 23.4. The lowest BCUT2D eigenvalue weighted by Crippen LogP contribution is -2.33. The van der Waals surface area contributed by atoms with Crippen molar-refractivity contribution in [3.8, 4) is 5.75 Å². The molecule has 2 heterocycles. The van der Waals surface area contributed by atoms with Crippen molar-refractivity contribution in [2.75, 3.05) is 13.2 Å². The molecule has 1 saturated heterocycles. The number of ketones is 1. The van der Waals surface area contributed by atoms with Crippen LogP contribution in [0, 0.1) is 11.8 Å². The molecule has 4 rings (SSSR count). The summed E-state index contributed by atoms with van der Waals surface area (Å²) < 4.78 is 15.1. The van der Waals surface area contributed by atoms with Gasteiger partial charge in [0.2, 0.25) is 17.6 Å². The van der Waals surface area contributed by atoms with E-state index in [1.807, 2.05) is 12.2 Å². The van der Waals surface area contributed by atoms with E-state index in [1.165, 1.54) is 36.6 Å². The molecule has 2 atom stereocenters. The second-order valence-corrected chi connectivity index (χ2v) is 7.71. The van der Waals surface area contributed by atoms with E-state index < -0.39 is 24.3 Å². The highest BCUT2D eigenvalue weighted by Crippen LogP contribution is 2.35. The number of fused-ring (bicyclic) bond motifs is 1. The molecule has 0 saturated carbocycles. The molecule has 2 amide bonds. The number of likely N-dealkylation sites (tertiary alicyclic amines) is 1. The van der Waals surface area contributed by atoms with Crippen LogP contribution in [0.15, 0.2) is 59.2 Å². The molecule has 2 aliphatic rings. The molecule has 2 aromatic rings. The Hall–Kier alpha value is -4.01. The highest BCUT2D eigenvalue weighted by atomic mass is 16.5. The highest BCUT2D eigenvalue weighted by molar-refractivity contribution is 6.05. The number of ether oxygens (including phenoxy) is 2. The Labute approximate surface area is 188 Å². The Bertz CT molecular complexity index is 1070. The number of benzene rings is 1. The Morgan fingerprint density at radius 2 is 1.64 bits per heavy atom. The number of esters is 2. The van der Waals surface area contributed by atoms with E-state index in [0.717, 1.165) is 4.90 Å². The van der Waals surface area contributed by atoms with Crippen LogP contribution in [0.3, 0.4) is 0 Å². The molecule has 1 fully saturated rings. The van der Waals surface area contributed by atoms with Gasteiger partial charge in [-0.2, -0.15) is 0 Å². The molecule has 33 heavy (non-hydrogen) atoms. The summed E-state index contributed by atoms with van der Waals surface area (Å²) in [6, 6.07) is 8.79. The van der Waals surface area contributed by atoms with Gasteiger partial charge in [-0.05, 0) is 49.2 Å². The molecule has 170 valence electrons. The average molecular weight is 451 g/mol. The monoisotopic (exact) mass is 451 g/mol. The van der Waals surface area contributed by atoms with Gasteiger partial charge in [-0.3, -0.25) is 24.1 Å². The SMILES string of the molecule is O=C(CCN1C(=O)C2CC=CCC2C1=O)OCC(=O)c1ccc(OC(=O)c2ccco2)cc1. The van der Waals surface area contributed by atoms with Crippen molar-refractivity contribution in [1.82, 2.24) is 4.90 Å². The summed E-state index contributed by atoms with van der Waals surface area (Å²) in [6.45, 7) is -0.547. The number of hydrogen-bond acceptors (Lipinski definition) is 8. The van der Waals surface area contributed by atoms with Crippen molar-refractivity contribution in [1.29, 1.82) is 0 Å². The van der Waals surface area contributed by atoms with Crippen LogP contribution < -0.4 is 4.74 Å². The standard InChI is InChI=1S/C24H21NO8/c26-19(15-7-9-16(10-8-15)33-24(30)20-6-3-13-31-20)14-32-21(27)11-12-25-22(28)17-4-1-2-5-18(17)23(25)29/h1-3,6-10,13,17-18H,4-5,11-12,14H2. The van der Waals surface area contributed by atoms with Crippen molar-refractivity contribution in [3.63, 3.8) is 0 Å². The van der Waals surface area contributed by atoms with Gasteiger partial charge in [-0.25, -0.2) is 4.79 Å². The van der Waals surface area contributed by atoms with E-state index in [9.17, 15) is 24.0 Å². The Balaban J connectivity index is 1.22. The summed E-state index contributed by atoms with van der Waals surface area (Å²) in [5.41, 5.74) is 0.266. The van der Waals surface area contributed by atoms with Crippen LogP contribution in [-0.2, 0) is 19.1 Å². The Morgan fingerprint density at radius 3 is 2.24 bits per heavy atom. The van der Waals surface area contributed by atoms with Gasteiger partial charge in [0, 0.05) is 12.1 Å². The van der Waals surface area contributed by atoms with Gasteiger partial charge >= 0.3 is 11.9 Å². The average Bonchev–Trinajstić information content (AvgIpc) is 3.45. The van der Waals surface area contributed by atoms with E-state index in [0.29, 0.717) is 12.8 Å². The van der Waals surface area contributed by atoms with Crippen molar-refractivity contribution in [2.45, 2.75) is 19.3 Å². The summed E-state index contributed by atoms with van der Waals surface area (Å²) in [5, 5.41) is 0. The molecule has 1 aromatic carbocycles. The zero-order valence-corrected chi connectivity index (χ0v) is 17.6. The molecule has 2 unspecified atom stereocenters. The summed E-state index contributed by atoms with van der Waals surface area (Å²) in [6.07, 6.45) is 6.03. The van der Waals surface area contributed by atoms with Crippen LogP contribution in [-0.4, -0.2) is 47.6 Å². The first kappa shape index (κ1) is 22.2. The fourth-order valence-electron chi connectivity index (χ4n) is 3.85. The molecule has 0 N–H and O–H groups in total. The summed E-state index contributed by atoms with van der Waals surface area (Å²) in [7, 11) is 0. The van der Waals surface area contributed by atoms with E-state index in [1.54, 1.807) is 6.07 Å². The number of hydrogen-bond donors (Lipinski definition) is 0. The van der Waals surface area contributed by atoms with Crippen molar-refractivity contribution < 1.29 is 37.9 Å². The first-order valence-corrected chi connectivity index (χ1v) is 10.5. The van der Waals surface area contributed by atoms with Gasteiger partial charge in [0.05, 0.1) is 24.5 Å². The number of Topliss-reactive ketones (excluding diaryl/α,β-unsaturated/α-hetero) is 1. The Kier molecular flexibility index (Phi) is 6.48. The van der Waals surface area contributed by atoms with Crippen LogP contribution in [0.2, 0.25) is 0 Å². The molecular formula is C24H21NO8. The lowest BCUT2D eigenvalue weighted by Gasteiger charge is -2.14. The van der Waals surface area contributed by atoms with Crippen molar-refractivity contribution in [2.24, 2.45) is 11.8 Å². The van der Waals surface area contributed by atoms with Crippen LogP contribution >= 0.6 is 0 Å². The minimum atomic E-state index is -0.680. The van der Waals surface area contributed by atoms with Gasteiger partial charge in [0.15, 0.2) is 12.4 Å². The second kappa shape index (κ2) is 9.64. The third kappa shape index (κ3) is 4.92. The van der Waals surface area contributed by atoms with Gasteiger partial charge in [0.1, 0.15) is 5.75 Å². The second-order valence-electron chi connectivity index (χ2n) is 7.71. The predicted octanol–water partition coefficient (Wildman–Crippen LogP) is 2.57.